The van der Waals surface area contributed by atoms with E-state index in [1.165, 1.54) is 12.1 Å². The largest absolute Gasteiger partial charge is 0.508 e. The third-order valence-electron chi connectivity index (χ3n) is 4.79. The molecule has 0 saturated carbocycles. The predicted molar refractivity (Wildman–Crippen MR) is 99.9 cm³/mol. The lowest BCUT2D eigenvalue weighted by Crippen LogP contribution is -2.08. The molecule has 4 rings (SSSR count). The van der Waals surface area contributed by atoms with Gasteiger partial charge in [-0.25, -0.2) is 0 Å². The summed E-state index contributed by atoms with van der Waals surface area (Å²) < 4.78 is 5.69. The van der Waals surface area contributed by atoms with Gasteiger partial charge in [0.25, 0.3) is 0 Å². The smallest absolute Gasteiger partial charge is 0.170 e. The van der Waals surface area contributed by atoms with Gasteiger partial charge in [-0.1, -0.05) is 36.4 Å². The number of hydrogen-bond donors (Lipinski definition) is 3. The molecule has 0 aliphatic carbocycles. The molecule has 1 aliphatic heterocycles. The van der Waals surface area contributed by atoms with E-state index in [1.807, 2.05) is 30.3 Å². The highest BCUT2D eigenvalue weighted by molar-refractivity contribution is 6.02. The molecule has 0 unspecified atom stereocenters. The molecule has 0 spiro atoms. The van der Waals surface area contributed by atoms with Crippen molar-refractivity contribution >= 4 is 5.78 Å². The van der Waals surface area contributed by atoms with Gasteiger partial charge in [-0.3, -0.25) is 4.79 Å². The molecule has 1 heterocycles. The van der Waals surface area contributed by atoms with Crippen LogP contribution in [-0.2, 0) is 12.8 Å². The van der Waals surface area contributed by atoms with Gasteiger partial charge in [-0.15, -0.1) is 0 Å². The van der Waals surface area contributed by atoms with Crippen LogP contribution in [0, 0.1) is 0 Å². The number of rotatable bonds is 4. The van der Waals surface area contributed by atoms with Gasteiger partial charge in [0.15, 0.2) is 5.78 Å². The number of fused-ring (bicyclic) bond motifs is 2. The van der Waals surface area contributed by atoms with Gasteiger partial charge in [0.05, 0.1) is 0 Å². The second kappa shape index (κ2) is 6.68. The Kier molecular flexibility index (Phi) is 4.20. The van der Waals surface area contributed by atoms with E-state index < -0.39 is 0 Å². The Morgan fingerprint density at radius 1 is 0.889 bits per heavy atom. The fraction of sp³-hybridized carbons (Fsp3) is 0.136. The standard InChI is InChI=1S/C22H18O5/c23-16-7-4-8-19-14(16)11-15-20(27-19)12-18(25)21(22(15)26)17(24)10-9-13-5-2-1-3-6-13/h1-8,12,23,25-26H,9-11H2. The Morgan fingerprint density at radius 2 is 1.67 bits per heavy atom. The monoisotopic (exact) mass is 362 g/mol. The molecule has 3 aromatic rings. The molecule has 0 saturated heterocycles. The van der Waals surface area contributed by atoms with E-state index in [4.69, 9.17) is 4.74 Å². The minimum Gasteiger partial charge on any atom is -0.508 e. The highest BCUT2D eigenvalue weighted by atomic mass is 16.5. The molecule has 0 aromatic heterocycles. The zero-order valence-electron chi connectivity index (χ0n) is 14.5. The van der Waals surface area contributed by atoms with Crippen molar-refractivity contribution in [2.45, 2.75) is 19.3 Å². The van der Waals surface area contributed by atoms with Crippen molar-refractivity contribution in [2.24, 2.45) is 0 Å². The van der Waals surface area contributed by atoms with Gasteiger partial charge < -0.3 is 20.1 Å². The number of aromatic hydroxyl groups is 3. The average Bonchev–Trinajstić information content (AvgIpc) is 2.66. The number of Topliss-reactive ketones (excluding diaryl/α,β-unsaturated/α-hetero) is 1. The molecule has 0 bridgehead atoms. The van der Waals surface area contributed by atoms with Gasteiger partial charge in [-0.05, 0) is 24.1 Å². The molecule has 27 heavy (non-hydrogen) atoms. The maximum absolute atomic E-state index is 12.6. The Labute approximate surface area is 156 Å². The van der Waals surface area contributed by atoms with Crippen molar-refractivity contribution in [2.75, 3.05) is 0 Å². The van der Waals surface area contributed by atoms with Crippen molar-refractivity contribution in [3.05, 3.63) is 76.9 Å². The van der Waals surface area contributed by atoms with Crippen LogP contribution >= 0.6 is 0 Å². The number of phenolic OH excluding ortho intramolecular Hbond substituents is 3. The van der Waals surface area contributed by atoms with Gasteiger partial charge in [0.1, 0.15) is 34.3 Å². The predicted octanol–water partition coefficient (Wildman–Crippen LogP) is 4.32. The zero-order chi connectivity index (χ0) is 19.0. The fourth-order valence-corrected chi connectivity index (χ4v) is 3.36. The van der Waals surface area contributed by atoms with Crippen molar-refractivity contribution in [1.29, 1.82) is 0 Å². The quantitative estimate of drug-likeness (QED) is 0.471. The van der Waals surface area contributed by atoms with E-state index in [1.54, 1.807) is 12.1 Å². The summed E-state index contributed by atoms with van der Waals surface area (Å²) in [6.45, 7) is 0. The molecule has 5 nitrogen and oxygen atoms in total. The van der Waals surface area contributed by atoms with Gasteiger partial charge in [0.2, 0.25) is 0 Å². The number of carbonyl (C=O) groups is 1. The maximum Gasteiger partial charge on any atom is 0.170 e. The molecule has 0 atom stereocenters. The average molecular weight is 362 g/mol. The molecular formula is C22H18O5. The van der Waals surface area contributed by atoms with Gasteiger partial charge >= 0.3 is 0 Å². The first-order valence-corrected chi connectivity index (χ1v) is 8.68. The van der Waals surface area contributed by atoms with Crippen molar-refractivity contribution in [3.8, 4) is 28.7 Å². The molecule has 0 amide bonds. The lowest BCUT2D eigenvalue weighted by Gasteiger charge is -2.23. The van der Waals surface area contributed by atoms with Crippen molar-refractivity contribution < 1.29 is 24.9 Å². The van der Waals surface area contributed by atoms with Crippen LogP contribution in [-0.4, -0.2) is 21.1 Å². The van der Waals surface area contributed by atoms with Crippen LogP contribution in [0.15, 0.2) is 54.6 Å². The topological polar surface area (TPSA) is 87.0 Å². The van der Waals surface area contributed by atoms with Crippen LogP contribution in [0.3, 0.4) is 0 Å². The molecular weight excluding hydrogens is 344 g/mol. The number of hydrogen-bond acceptors (Lipinski definition) is 5. The third kappa shape index (κ3) is 3.08. The molecule has 5 heteroatoms. The Morgan fingerprint density at radius 3 is 2.44 bits per heavy atom. The number of carbonyl (C=O) groups excluding carboxylic acids is 1. The van der Waals surface area contributed by atoms with Crippen LogP contribution in [0.5, 0.6) is 28.7 Å². The highest BCUT2D eigenvalue weighted by Gasteiger charge is 2.28. The number of benzene rings is 3. The van der Waals surface area contributed by atoms with Crippen LogP contribution in [0.2, 0.25) is 0 Å². The third-order valence-corrected chi connectivity index (χ3v) is 4.79. The van der Waals surface area contributed by atoms with Crippen LogP contribution in [0.4, 0.5) is 0 Å². The van der Waals surface area contributed by atoms with Crippen LogP contribution in [0.1, 0.15) is 33.5 Å². The Hall–Kier alpha value is -3.47. The molecule has 136 valence electrons. The normalized spacial score (nSPS) is 12.0. The summed E-state index contributed by atoms with van der Waals surface area (Å²) in [6.07, 6.45) is 0.880. The Bertz CT molecular complexity index is 1020. The maximum atomic E-state index is 12.6. The summed E-state index contributed by atoms with van der Waals surface area (Å²) in [5.41, 5.74) is 1.82. The SMILES string of the molecule is O=C(CCc1ccccc1)c1c(O)cc2c(c1O)Cc1c(O)cccc1O2. The van der Waals surface area contributed by atoms with E-state index in [2.05, 4.69) is 0 Å². The van der Waals surface area contributed by atoms with E-state index in [0.29, 0.717) is 23.3 Å². The van der Waals surface area contributed by atoms with Crippen molar-refractivity contribution in [1.82, 2.24) is 0 Å². The van der Waals surface area contributed by atoms with Gasteiger partial charge in [0, 0.05) is 30.0 Å². The minimum atomic E-state index is -0.347. The summed E-state index contributed by atoms with van der Waals surface area (Å²) in [5.74, 6) is -0.153. The van der Waals surface area contributed by atoms with Crippen molar-refractivity contribution in [3.63, 3.8) is 0 Å². The Balaban J connectivity index is 1.65. The number of phenols is 3. The number of aryl methyl sites for hydroxylation is 1. The first kappa shape index (κ1) is 17.0. The molecule has 1 aliphatic rings. The minimum absolute atomic E-state index is 0.0579. The van der Waals surface area contributed by atoms with E-state index in [0.717, 1.165) is 5.56 Å². The summed E-state index contributed by atoms with van der Waals surface area (Å²) in [5, 5.41) is 31.0. The molecule has 3 N–H and O–H groups in total. The van der Waals surface area contributed by atoms with E-state index >= 15 is 0 Å². The lowest BCUT2D eigenvalue weighted by atomic mass is 9.93. The summed E-state index contributed by atoms with van der Waals surface area (Å²) in [7, 11) is 0. The lowest BCUT2D eigenvalue weighted by molar-refractivity contribution is 0.0977. The van der Waals surface area contributed by atoms with Crippen LogP contribution in [0.25, 0.3) is 0 Å². The summed E-state index contributed by atoms with van der Waals surface area (Å²) >= 11 is 0. The summed E-state index contributed by atoms with van der Waals surface area (Å²) in [6, 6.07) is 15.8. The highest BCUT2D eigenvalue weighted by Crippen LogP contribution is 2.47. The second-order valence-electron chi connectivity index (χ2n) is 6.54. The molecule has 0 radical (unpaired) electrons. The molecule has 3 aromatic carbocycles. The van der Waals surface area contributed by atoms with Gasteiger partial charge in [-0.2, -0.15) is 0 Å². The number of ketones is 1. The number of ether oxygens (including phenoxy) is 1. The van der Waals surface area contributed by atoms with Crippen LogP contribution < -0.4 is 4.74 Å². The van der Waals surface area contributed by atoms with E-state index in [-0.39, 0.29) is 47.2 Å². The molecule has 0 fully saturated rings. The summed E-state index contributed by atoms with van der Waals surface area (Å²) in [4.78, 5) is 12.6. The fourth-order valence-electron chi connectivity index (χ4n) is 3.36. The first-order chi connectivity index (χ1) is 13.0. The first-order valence-electron chi connectivity index (χ1n) is 8.68. The van der Waals surface area contributed by atoms with E-state index in [9.17, 15) is 20.1 Å². The second-order valence-corrected chi connectivity index (χ2v) is 6.54. The zero-order valence-corrected chi connectivity index (χ0v) is 14.5.